The number of pyridine rings is 1. The van der Waals surface area contributed by atoms with Gasteiger partial charge in [0.1, 0.15) is 11.3 Å². The van der Waals surface area contributed by atoms with Crippen molar-refractivity contribution >= 4 is 11.2 Å². The predicted octanol–water partition coefficient (Wildman–Crippen LogP) is 3.82. The quantitative estimate of drug-likeness (QED) is 0.763. The van der Waals surface area contributed by atoms with E-state index < -0.39 is 0 Å². The van der Waals surface area contributed by atoms with Crippen molar-refractivity contribution in [3.05, 3.63) is 47.3 Å². The Kier molecular flexibility index (Phi) is 4.32. The fourth-order valence-electron chi connectivity index (χ4n) is 3.93. The van der Waals surface area contributed by atoms with Crippen LogP contribution in [0, 0.1) is 13.8 Å². The summed E-state index contributed by atoms with van der Waals surface area (Å²) >= 11 is 0. The molecule has 0 aliphatic carbocycles. The first-order chi connectivity index (χ1) is 12.5. The molecule has 0 spiro atoms. The Morgan fingerprint density at radius 1 is 1.15 bits per heavy atom. The van der Waals surface area contributed by atoms with Gasteiger partial charge in [-0.1, -0.05) is 6.07 Å². The number of fused-ring (bicyclic) bond motifs is 1. The van der Waals surface area contributed by atoms with E-state index in [1.807, 2.05) is 32.2 Å². The number of benzene rings is 1. The molecule has 1 unspecified atom stereocenters. The molecule has 1 N–H and O–H groups in total. The third-order valence-corrected chi connectivity index (χ3v) is 5.18. The van der Waals surface area contributed by atoms with Gasteiger partial charge in [0.2, 0.25) is 0 Å². The molecule has 0 bridgehead atoms. The Bertz CT molecular complexity index is 946. The second kappa shape index (κ2) is 6.65. The Morgan fingerprint density at radius 3 is 2.77 bits per heavy atom. The van der Waals surface area contributed by atoms with Gasteiger partial charge >= 0.3 is 0 Å². The van der Waals surface area contributed by atoms with Gasteiger partial charge in [0.25, 0.3) is 0 Å². The van der Waals surface area contributed by atoms with E-state index in [1.165, 1.54) is 6.42 Å². The number of likely N-dealkylation sites (tertiary alicyclic amines) is 1. The Labute approximate surface area is 153 Å². The molecule has 1 aromatic carbocycles. The Hall–Kier alpha value is -2.53. The molecule has 5 nitrogen and oxygen atoms in total. The molecule has 1 saturated heterocycles. The molecule has 1 aliphatic rings. The summed E-state index contributed by atoms with van der Waals surface area (Å²) in [7, 11) is 2.15. The number of nitrogens with zero attached hydrogens (tertiary/aromatic N) is 4. The van der Waals surface area contributed by atoms with Crippen LogP contribution >= 0.6 is 0 Å². The third kappa shape index (κ3) is 3.15. The highest BCUT2D eigenvalue weighted by atomic mass is 16.3. The van der Waals surface area contributed by atoms with Crippen LogP contribution in [0.4, 0.5) is 0 Å². The average molecular weight is 348 g/mol. The zero-order chi connectivity index (χ0) is 18.3. The lowest BCUT2D eigenvalue weighted by Gasteiger charge is -2.29. The monoisotopic (exact) mass is 348 g/mol. The molecule has 1 atom stereocenters. The van der Waals surface area contributed by atoms with E-state index in [2.05, 4.69) is 23.0 Å². The normalized spacial score (nSPS) is 18.3. The van der Waals surface area contributed by atoms with Crippen molar-refractivity contribution in [2.75, 3.05) is 20.1 Å². The predicted molar refractivity (Wildman–Crippen MR) is 103 cm³/mol. The van der Waals surface area contributed by atoms with E-state index in [1.54, 1.807) is 6.07 Å². The summed E-state index contributed by atoms with van der Waals surface area (Å²) in [6.07, 6.45) is 4.22. The smallest absolute Gasteiger partial charge is 0.179 e. The van der Waals surface area contributed by atoms with Gasteiger partial charge in [-0.05, 0) is 69.6 Å². The molecule has 3 heterocycles. The number of piperidine rings is 1. The van der Waals surface area contributed by atoms with E-state index in [0.717, 1.165) is 53.1 Å². The second-order valence-electron chi connectivity index (χ2n) is 7.41. The molecule has 2 aromatic heterocycles. The molecular weight excluding hydrogens is 324 g/mol. The largest absolute Gasteiger partial charge is 0.507 e. The summed E-state index contributed by atoms with van der Waals surface area (Å²) in [5.41, 5.74) is 5.99. The van der Waals surface area contributed by atoms with Crippen LogP contribution in [0.1, 0.15) is 35.6 Å². The summed E-state index contributed by atoms with van der Waals surface area (Å²) in [4.78, 5) is 16.5. The number of likely N-dealkylation sites (N-methyl/N-ethyl adjacent to an activating group) is 1. The van der Waals surface area contributed by atoms with Crippen LogP contribution in [0.25, 0.3) is 22.4 Å². The molecule has 4 rings (SSSR count). The van der Waals surface area contributed by atoms with Crippen molar-refractivity contribution in [3.63, 3.8) is 0 Å². The fraction of sp³-hybridized carbons (Fsp3) is 0.381. The van der Waals surface area contributed by atoms with Gasteiger partial charge in [-0.15, -0.1) is 0 Å². The van der Waals surface area contributed by atoms with Crippen LogP contribution in [-0.4, -0.2) is 45.1 Å². The van der Waals surface area contributed by atoms with E-state index in [4.69, 9.17) is 9.97 Å². The second-order valence-corrected chi connectivity index (χ2v) is 7.41. The van der Waals surface area contributed by atoms with Gasteiger partial charge in [0, 0.05) is 24.2 Å². The zero-order valence-electron chi connectivity index (χ0n) is 15.5. The fourth-order valence-corrected chi connectivity index (χ4v) is 3.93. The van der Waals surface area contributed by atoms with Crippen molar-refractivity contribution in [1.29, 1.82) is 0 Å². The lowest BCUT2D eigenvalue weighted by Crippen LogP contribution is -2.31. The summed E-state index contributed by atoms with van der Waals surface area (Å²) in [6.45, 7) is 6.13. The summed E-state index contributed by atoms with van der Waals surface area (Å²) in [5, 5.41) is 10.4. The van der Waals surface area contributed by atoms with Gasteiger partial charge in [-0.3, -0.25) is 4.98 Å². The number of hydrogen-bond donors (Lipinski definition) is 1. The molecule has 1 aliphatic heterocycles. The van der Waals surface area contributed by atoms with Crippen LogP contribution in [0.5, 0.6) is 5.75 Å². The minimum Gasteiger partial charge on any atom is -0.507 e. The van der Waals surface area contributed by atoms with Crippen molar-refractivity contribution in [1.82, 2.24) is 19.9 Å². The summed E-state index contributed by atoms with van der Waals surface area (Å²) < 4.78 is 0. The molecule has 1 fully saturated rings. The standard InChI is InChI=1S/C21H24N4O/c1-13-9-14(2)20(19(26)10-13)16-6-7-17-21(23-16)24-18(11-22-17)15-5-4-8-25(3)12-15/h6-7,9-11,15,26H,4-5,8,12H2,1-3H3. The number of aromatic nitrogens is 3. The van der Waals surface area contributed by atoms with Crippen LogP contribution in [0.3, 0.4) is 0 Å². The highest BCUT2D eigenvalue weighted by molar-refractivity contribution is 5.78. The number of aryl methyl sites for hydroxylation is 2. The maximum Gasteiger partial charge on any atom is 0.179 e. The average Bonchev–Trinajstić information content (AvgIpc) is 2.60. The summed E-state index contributed by atoms with van der Waals surface area (Å²) in [6, 6.07) is 7.66. The maximum atomic E-state index is 10.4. The molecule has 5 heteroatoms. The van der Waals surface area contributed by atoms with Gasteiger partial charge in [0.05, 0.1) is 11.4 Å². The molecule has 134 valence electrons. The lowest BCUT2D eigenvalue weighted by molar-refractivity contribution is 0.248. The first-order valence-electron chi connectivity index (χ1n) is 9.14. The minimum atomic E-state index is 0.257. The maximum absolute atomic E-state index is 10.4. The number of phenols is 1. The first-order valence-corrected chi connectivity index (χ1v) is 9.14. The molecular formula is C21H24N4O. The van der Waals surface area contributed by atoms with Crippen molar-refractivity contribution in [2.24, 2.45) is 0 Å². The van der Waals surface area contributed by atoms with Crippen LogP contribution in [0.2, 0.25) is 0 Å². The highest BCUT2D eigenvalue weighted by Gasteiger charge is 2.21. The zero-order valence-corrected chi connectivity index (χ0v) is 15.5. The van der Waals surface area contributed by atoms with E-state index in [9.17, 15) is 5.11 Å². The topological polar surface area (TPSA) is 62.1 Å². The minimum absolute atomic E-state index is 0.257. The summed E-state index contributed by atoms with van der Waals surface area (Å²) in [5.74, 6) is 0.665. The Morgan fingerprint density at radius 2 is 2.00 bits per heavy atom. The van der Waals surface area contributed by atoms with E-state index >= 15 is 0 Å². The number of hydrogen-bond acceptors (Lipinski definition) is 5. The van der Waals surface area contributed by atoms with Gasteiger partial charge in [-0.2, -0.15) is 0 Å². The first kappa shape index (κ1) is 16.9. The van der Waals surface area contributed by atoms with E-state index in [-0.39, 0.29) is 5.75 Å². The Balaban J connectivity index is 1.77. The van der Waals surface area contributed by atoms with Crippen LogP contribution < -0.4 is 0 Å². The molecule has 0 saturated carbocycles. The number of rotatable bonds is 2. The molecule has 0 amide bonds. The lowest BCUT2D eigenvalue weighted by atomic mass is 9.95. The van der Waals surface area contributed by atoms with Gasteiger partial charge < -0.3 is 10.0 Å². The molecule has 26 heavy (non-hydrogen) atoms. The highest BCUT2D eigenvalue weighted by Crippen LogP contribution is 2.33. The molecule has 3 aromatic rings. The number of phenolic OH excluding ortho intramolecular Hbond substituents is 1. The van der Waals surface area contributed by atoms with Crippen LogP contribution in [-0.2, 0) is 0 Å². The SMILES string of the molecule is Cc1cc(C)c(-c2ccc3ncc(C4CCCN(C)C4)nc3n2)c(O)c1. The van der Waals surface area contributed by atoms with Crippen LogP contribution in [0.15, 0.2) is 30.5 Å². The molecule has 0 radical (unpaired) electrons. The van der Waals surface area contributed by atoms with Crippen molar-refractivity contribution < 1.29 is 5.11 Å². The third-order valence-electron chi connectivity index (χ3n) is 5.18. The van der Waals surface area contributed by atoms with Gasteiger partial charge in [-0.25, -0.2) is 9.97 Å². The van der Waals surface area contributed by atoms with Crippen molar-refractivity contribution in [3.8, 4) is 17.0 Å². The van der Waals surface area contributed by atoms with Crippen molar-refractivity contribution in [2.45, 2.75) is 32.6 Å². The number of aromatic hydroxyl groups is 1. The van der Waals surface area contributed by atoms with E-state index in [0.29, 0.717) is 11.6 Å². The van der Waals surface area contributed by atoms with Gasteiger partial charge in [0.15, 0.2) is 5.65 Å².